The van der Waals surface area contributed by atoms with Gasteiger partial charge in [0, 0.05) is 28.9 Å². The number of ketones is 1. The maximum absolute atomic E-state index is 13.2. The lowest BCUT2D eigenvalue weighted by Crippen LogP contribution is -2.40. The van der Waals surface area contributed by atoms with Gasteiger partial charge in [0.2, 0.25) is 0 Å². The first-order valence-electron chi connectivity index (χ1n) is 12.1. The summed E-state index contributed by atoms with van der Waals surface area (Å²) < 4.78 is 6.12. The summed E-state index contributed by atoms with van der Waals surface area (Å²) in [7, 11) is 0. The van der Waals surface area contributed by atoms with Crippen molar-refractivity contribution in [1.29, 1.82) is 0 Å². The number of aromatic nitrogens is 3. The minimum Gasteiger partial charge on any atom is -0.493 e. The Morgan fingerprint density at radius 1 is 1.14 bits per heavy atom. The van der Waals surface area contributed by atoms with Crippen LogP contribution in [0.15, 0.2) is 24.5 Å². The highest BCUT2D eigenvalue weighted by atomic mass is 35.5. The lowest BCUT2D eigenvalue weighted by molar-refractivity contribution is 0.0926. The Hall–Kier alpha value is -2.97. The van der Waals surface area contributed by atoms with Crippen molar-refractivity contribution in [3.63, 3.8) is 0 Å². The number of carbonyl (C=O) groups excluding carboxylic acids is 2. The molecule has 0 radical (unpaired) electrons. The average molecular weight is 498 g/mol. The molecule has 0 atom stereocenters. The maximum Gasteiger partial charge on any atom is 0.255 e. The summed E-state index contributed by atoms with van der Waals surface area (Å²) in [4.78, 5) is 37.7. The number of nitrogens with one attached hydrogen (secondary N) is 2. The van der Waals surface area contributed by atoms with E-state index in [1.165, 1.54) is 19.2 Å². The SMILES string of the molecule is CC(=O)c1ccc(OCC2CC2)c(-c2ncnc3c(C(=O)N[C@H]4CC[C@H](N)CC4)c(C)[nH]c23)c1.Cl. The number of aromatic amines is 1. The predicted octanol–water partition coefficient (Wildman–Crippen LogP) is 4.35. The lowest BCUT2D eigenvalue weighted by atomic mass is 9.91. The van der Waals surface area contributed by atoms with Gasteiger partial charge in [-0.25, -0.2) is 9.97 Å². The Kier molecular flexibility index (Phi) is 7.42. The molecule has 2 saturated carbocycles. The monoisotopic (exact) mass is 497 g/mol. The van der Waals surface area contributed by atoms with Crippen molar-refractivity contribution < 1.29 is 14.3 Å². The molecule has 8 nitrogen and oxygen atoms in total. The van der Waals surface area contributed by atoms with E-state index in [0.717, 1.165) is 36.9 Å². The molecule has 2 aliphatic carbocycles. The summed E-state index contributed by atoms with van der Waals surface area (Å²) in [5.74, 6) is 1.09. The van der Waals surface area contributed by atoms with Gasteiger partial charge < -0.3 is 20.8 Å². The van der Waals surface area contributed by atoms with Crippen LogP contribution < -0.4 is 15.8 Å². The van der Waals surface area contributed by atoms with Gasteiger partial charge in [0.15, 0.2) is 5.78 Å². The van der Waals surface area contributed by atoms with Crippen molar-refractivity contribution in [3.8, 4) is 17.0 Å². The molecule has 1 aromatic carbocycles. The molecule has 0 bridgehead atoms. The maximum atomic E-state index is 13.2. The third kappa shape index (κ3) is 5.33. The van der Waals surface area contributed by atoms with Gasteiger partial charge in [-0.05, 0) is 76.5 Å². The molecule has 3 aromatic rings. The number of nitrogens with zero attached hydrogens (tertiary/aromatic N) is 2. The number of nitrogens with two attached hydrogens (primary N) is 1. The largest absolute Gasteiger partial charge is 0.493 e. The molecule has 5 rings (SSSR count). The Labute approximate surface area is 210 Å². The van der Waals surface area contributed by atoms with Crippen molar-refractivity contribution in [2.75, 3.05) is 6.61 Å². The Balaban J connectivity index is 0.00000289. The Bertz CT molecular complexity index is 1250. The van der Waals surface area contributed by atoms with Crippen molar-refractivity contribution in [1.82, 2.24) is 20.3 Å². The third-order valence-electron chi connectivity index (χ3n) is 6.92. The number of Topliss-reactive ketones (excluding diaryl/α,β-unsaturated/α-hetero) is 1. The van der Waals surface area contributed by atoms with Crippen LogP contribution in [0.5, 0.6) is 5.75 Å². The number of aryl methyl sites for hydroxylation is 1. The summed E-state index contributed by atoms with van der Waals surface area (Å²) >= 11 is 0. The van der Waals surface area contributed by atoms with Crippen LogP contribution in [0.4, 0.5) is 0 Å². The molecule has 2 heterocycles. The number of rotatable bonds is 7. The third-order valence-corrected chi connectivity index (χ3v) is 6.92. The van der Waals surface area contributed by atoms with E-state index in [4.69, 9.17) is 10.5 Å². The van der Waals surface area contributed by atoms with Crippen LogP contribution in [0.2, 0.25) is 0 Å². The molecule has 35 heavy (non-hydrogen) atoms. The second-order valence-corrected chi connectivity index (χ2v) is 9.68. The number of hydrogen-bond donors (Lipinski definition) is 3. The van der Waals surface area contributed by atoms with Crippen molar-refractivity contribution in [2.45, 2.75) is 64.5 Å². The van der Waals surface area contributed by atoms with Gasteiger partial charge in [0.1, 0.15) is 23.3 Å². The number of benzene rings is 1. The van der Waals surface area contributed by atoms with Crippen LogP contribution in [0.3, 0.4) is 0 Å². The van der Waals surface area contributed by atoms with Crippen LogP contribution >= 0.6 is 12.4 Å². The van der Waals surface area contributed by atoms with E-state index in [2.05, 4.69) is 20.3 Å². The van der Waals surface area contributed by atoms with Gasteiger partial charge in [-0.2, -0.15) is 0 Å². The molecule has 0 unspecified atom stereocenters. The first kappa shape index (κ1) is 25.1. The fourth-order valence-electron chi connectivity index (χ4n) is 4.68. The van der Waals surface area contributed by atoms with E-state index >= 15 is 0 Å². The number of carbonyl (C=O) groups is 2. The van der Waals surface area contributed by atoms with E-state index < -0.39 is 0 Å². The summed E-state index contributed by atoms with van der Waals surface area (Å²) in [6.07, 6.45) is 7.43. The zero-order chi connectivity index (χ0) is 23.8. The van der Waals surface area contributed by atoms with Gasteiger partial charge in [-0.3, -0.25) is 9.59 Å². The first-order valence-corrected chi connectivity index (χ1v) is 12.1. The molecule has 186 valence electrons. The zero-order valence-electron chi connectivity index (χ0n) is 20.1. The highest BCUT2D eigenvalue weighted by Gasteiger charge is 2.26. The molecule has 0 spiro atoms. The molecule has 1 amide bonds. The quantitative estimate of drug-likeness (QED) is 0.417. The number of amides is 1. The minimum atomic E-state index is -0.142. The number of hydrogen-bond acceptors (Lipinski definition) is 6. The highest BCUT2D eigenvalue weighted by molar-refractivity contribution is 6.09. The number of halogens is 1. The zero-order valence-corrected chi connectivity index (χ0v) is 20.9. The predicted molar refractivity (Wildman–Crippen MR) is 137 cm³/mol. The van der Waals surface area contributed by atoms with Crippen LogP contribution in [-0.2, 0) is 0 Å². The standard InChI is InChI=1S/C26H31N5O3.ClH/c1-14-22(26(33)31-19-8-6-18(27)7-9-19)24-25(30-14)23(28-13-29-24)20-11-17(15(2)32)5-10-21(20)34-12-16-3-4-16;/h5,10-11,13,16,18-19,30H,3-4,6-9,12,27H2,1-2H3,(H,31,33);1H/t18-,19-;. The van der Waals surface area contributed by atoms with Crippen molar-refractivity contribution in [2.24, 2.45) is 11.7 Å². The molecule has 2 fully saturated rings. The van der Waals surface area contributed by atoms with Gasteiger partial charge in [-0.15, -0.1) is 12.4 Å². The normalized spacial score (nSPS) is 19.7. The van der Waals surface area contributed by atoms with Crippen LogP contribution in [-0.4, -0.2) is 45.3 Å². The Morgan fingerprint density at radius 3 is 2.57 bits per heavy atom. The van der Waals surface area contributed by atoms with Gasteiger partial charge in [-0.1, -0.05) is 0 Å². The molecule has 2 aliphatic rings. The van der Waals surface area contributed by atoms with Gasteiger partial charge >= 0.3 is 0 Å². The van der Waals surface area contributed by atoms with Crippen molar-refractivity contribution in [3.05, 3.63) is 41.3 Å². The minimum absolute atomic E-state index is 0. The van der Waals surface area contributed by atoms with E-state index in [0.29, 0.717) is 46.1 Å². The fraction of sp³-hybridized carbons (Fsp3) is 0.462. The highest BCUT2D eigenvalue weighted by Crippen LogP contribution is 2.37. The van der Waals surface area contributed by atoms with E-state index in [1.54, 1.807) is 13.0 Å². The lowest BCUT2D eigenvalue weighted by Gasteiger charge is -2.26. The first-order chi connectivity index (χ1) is 16.4. The summed E-state index contributed by atoms with van der Waals surface area (Å²) in [6.45, 7) is 4.05. The second-order valence-electron chi connectivity index (χ2n) is 9.68. The fourth-order valence-corrected chi connectivity index (χ4v) is 4.68. The number of fused-ring (bicyclic) bond motifs is 1. The summed E-state index contributed by atoms with van der Waals surface area (Å²) in [5, 5.41) is 3.16. The van der Waals surface area contributed by atoms with E-state index in [-0.39, 0.29) is 36.2 Å². The molecule has 2 aromatic heterocycles. The van der Waals surface area contributed by atoms with Crippen LogP contribution in [0, 0.1) is 12.8 Å². The van der Waals surface area contributed by atoms with Gasteiger partial charge in [0.05, 0.1) is 17.7 Å². The molecular formula is C26H32ClN5O3. The summed E-state index contributed by atoms with van der Waals surface area (Å²) in [6, 6.07) is 5.77. The Morgan fingerprint density at radius 2 is 1.89 bits per heavy atom. The number of H-pyrrole nitrogens is 1. The van der Waals surface area contributed by atoms with Gasteiger partial charge in [0.25, 0.3) is 5.91 Å². The molecule has 4 N–H and O–H groups in total. The molecular weight excluding hydrogens is 466 g/mol. The van der Waals surface area contributed by atoms with Crippen molar-refractivity contribution >= 4 is 35.1 Å². The van der Waals surface area contributed by atoms with E-state index in [9.17, 15) is 9.59 Å². The summed E-state index contributed by atoms with van der Waals surface area (Å²) in [5.41, 5.74) is 10.4. The topological polar surface area (TPSA) is 123 Å². The second kappa shape index (κ2) is 10.3. The molecule has 9 heteroatoms. The van der Waals surface area contributed by atoms with Crippen LogP contribution in [0.1, 0.15) is 71.9 Å². The molecule has 0 saturated heterocycles. The smallest absolute Gasteiger partial charge is 0.255 e. The van der Waals surface area contributed by atoms with E-state index in [1.807, 2.05) is 19.1 Å². The van der Waals surface area contributed by atoms with Crippen LogP contribution in [0.25, 0.3) is 22.3 Å². The number of ether oxygens (including phenoxy) is 1. The molecule has 0 aliphatic heterocycles. The average Bonchev–Trinajstić information content (AvgIpc) is 3.58.